The lowest BCUT2D eigenvalue weighted by atomic mass is 10.1. The second-order valence-corrected chi connectivity index (χ2v) is 9.81. The lowest BCUT2D eigenvalue weighted by molar-refractivity contribution is -0.144. The minimum Gasteiger partial charge on any atom is -0.341 e. The first kappa shape index (κ1) is 22.2. The first-order valence-electron chi connectivity index (χ1n) is 9.35. The molecular formula is C19H23Cl2N3O4S. The van der Waals surface area contributed by atoms with Crippen molar-refractivity contribution >= 4 is 51.6 Å². The maximum Gasteiger partial charge on any atom is 0.290 e. The first-order valence-corrected chi connectivity index (χ1v) is 11.6. The molecule has 0 aliphatic carbocycles. The van der Waals surface area contributed by atoms with Gasteiger partial charge in [-0.2, -0.15) is 0 Å². The Kier molecular flexibility index (Phi) is 7.32. The summed E-state index contributed by atoms with van der Waals surface area (Å²) in [6.07, 6.45) is 0. The summed E-state index contributed by atoms with van der Waals surface area (Å²) in [5.74, 6) is -1.36. The Morgan fingerprint density at radius 3 is 2.52 bits per heavy atom. The maximum atomic E-state index is 12.8. The van der Waals surface area contributed by atoms with E-state index in [1.165, 1.54) is 9.80 Å². The number of carbonyl (C=O) groups excluding carboxylic acids is 3. The van der Waals surface area contributed by atoms with Gasteiger partial charge in [0.1, 0.15) is 5.92 Å². The number of hydrogen-bond acceptors (Lipinski definition) is 5. The van der Waals surface area contributed by atoms with E-state index in [2.05, 4.69) is 4.90 Å². The molecule has 3 rings (SSSR count). The molecule has 2 heterocycles. The molecule has 0 radical (unpaired) electrons. The lowest BCUT2D eigenvalue weighted by Gasteiger charge is -2.28. The van der Waals surface area contributed by atoms with Crippen LogP contribution in [0.3, 0.4) is 0 Å². The van der Waals surface area contributed by atoms with Crippen molar-refractivity contribution in [1.82, 2.24) is 14.7 Å². The van der Waals surface area contributed by atoms with Gasteiger partial charge in [0.2, 0.25) is 11.7 Å². The summed E-state index contributed by atoms with van der Waals surface area (Å²) in [5, 5.41) is 0.821. The highest BCUT2D eigenvalue weighted by Crippen LogP contribution is 2.24. The molecule has 158 valence electrons. The van der Waals surface area contributed by atoms with Gasteiger partial charge in [0.05, 0.1) is 10.0 Å². The number of nitrogens with zero attached hydrogens (tertiary/aromatic N) is 3. The van der Waals surface area contributed by atoms with E-state index in [1.54, 1.807) is 25.2 Å². The molecule has 1 aromatic carbocycles. The molecule has 2 aliphatic rings. The molecule has 10 heteroatoms. The predicted molar refractivity (Wildman–Crippen MR) is 112 cm³/mol. The van der Waals surface area contributed by atoms with E-state index in [1.807, 2.05) is 0 Å². The van der Waals surface area contributed by atoms with Crippen LogP contribution in [-0.4, -0.2) is 87.8 Å². The average Bonchev–Trinajstić information content (AvgIpc) is 2.98. The summed E-state index contributed by atoms with van der Waals surface area (Å²) in [5.41, 5.74) is 0.784. The van der Waals surface area contributed by atoms with Gasteiger partial charge in [0.15, 0.2) is 0 Å². The Balaban J connectivity index is 1.56. The average molecular weight is 460 g/mol. The zero-order chi connectivity index (χ0) is 21.1. The van der Waals surface area contributed by atoms with E-state index >= 15 is 0 Å². The van der Waals surface area contributed by atoms with Crippen LogP contribution >= 0.6 is 23.2 Å². The second-order valence-electron chi connectivity index (χ2n) is 7.30. The molecule has 7 nitrogen and oxygen atoms in total. The standard InChI is InChI=1S/C19H23Cl2N3O4S/c1-22(11-13-2-3-15(20)16(21)10-13)18(26)14-12-24(19(27)17(14)25)5-4-23-6-8-29(28)9-7-23/h2-3,10,14H,4-9,11-12H2,1H3. The first-order chi connectivity index (χ1) is 13.8. The predicted octanol–water partition coefficient (Wildman–Crippen LogP) is 1.04. The van der Waals surface area contributed by atoms with Crippen molar-refractivity contribution in [2.75, 3.05) is 51.3 Å². The smallest absolute Gasteiger partial charge is 0.290 e. The van der Waals surface area contributed by atoms with Gasteiger partial charge in [-0.1, -0.05) is 29.3 Å². The summed E-state index contributed by atoms with van der Waals surface area (Å²) in [7, 11) is 0.838. The number of rotatable bonds is 6. The number of amides is 2. The molecule has 2 saturated heterocycles. The summed E-state index contributed by atoms with van der Waals surface area (Å²) in [6.45, 7) is 2.79. The number of hydrogen-bond donors (Lipinski definition) is 0. The summed E-state index contributed by atoms with van der Waals surface area (Å²) >= 11 is 11.9. The van der Waals surface area contributed by atoms with Crippen molar-refractivity contribution in [3.8, 4) is 0 Å². The van der Waals surface area contributed by atoms with Crippen molar-refractivity contribution in [2.24, 2.45) is 5.92 Å². The van der Waals surface area contributed by atoms with E-state index in [4.69, 9.17) is 23.2 Å². The number of likely N-dealkylation sites (tertiary alicyclic amines) is 1. The van der Waals surface area contributed by atoms with Crippen molar-refractivity contribution in [3.63, 3.8) is 0 Å². The quantitative estimate of drug-likeness (QED) is 0.469. The monoisotopic (exact) mass is 459 g/mol. The molecule has 1 atom stereocenters. The van der Waals surface area contributed by atoms with E-state index < -0.39 is 28.4 Å². The Labute approximate surface area is 182 Å². The van der Waals surface area contributed by atoms with Gasteiger partial charge >= 0.3 is 0 Å². The number of ketones is 1. The molecule has 0 spiro atoms. The Morgan fingerprint density at radius 2 is 1.86 bits per heavy atom. The van der Waals surface area contributed by atoms with Crippen LogP contribution in [0.15, 0.2) is 18.2 Å². The fourth-order valence-electron chi connectivity index (χ4n) is 3.49. The molecule has 1 aromatic rings. The highest BCUT2D eigenvalue weighted by atomic mass is 35.5. The van der Waals surface area contributed by atoms with Gasteiger partial charge < -0.3 is 9.80 Å². The van der Waals surface area contributed by atoms with E-state index in [9.17, 15) is 18.6 Å². The van der Waals surface area contributed by atoms with Gasteiger partial charge in [-0.25, -0.2) is 0 Å². The normalized spacial score (nSPS) is 21.1. The topological polar surface area (TPSA) is 78.0 Å². The Hall–Kier alpha value is -1.48. The molecular weight excluding hydrogens is 437 g/mol. The van der Waals surface area contributed by atoms with Crippen LogP contribution in [0.5, 0.6) is 0 Å². The molecule has 0 bridgehead atoms. The molecule has 2 amide bonds. The fraction of sp³-hybridized carbons (Fsp3) is 0.526. The van der Waals surface area contributed by atoms with Crippen LogP contribution in [0.25, 0.3) is 0 Å². The van der Waals surface area contributed by atoms with E-state index in [-0.39, 0.29) is 19.0 Å². The fourth-order valence-corrected chi connectivity index (χ4v) is 4.94. The summed E-state index contributed by atoms with van der Waals surface area (Å²) in [6, 6.07) is 5.09. The Morgan fingerprint density at radius 1 is 1.17 bits per heavy atom. The summed E-state index contributed by atoms with van der Waals surface area (Å²) < 4.78 is 11.4. The highest BCUT2D eigenvalue weighted by Gasteiger charge is 2.44. The van der Waals surface area contributed by atoms with Gasteiger partial charge in [-0.15, -0.1) is 0 Å². The van der Waals surface area contributed by atoms with Crippen molar-refractivity contribution in [3.05, 3.63) is 33.8 Å². The Bertz CT molecular complexity index is 841. The van der Waals surface area contributed by atoms with Crippen LogP contribution < -0.4 is 0 Å². The second kappa shape index (κ2) is 9.55. The highest BCUT2D eigenvalue weighted by molar-refractivity contribution is 7.85. The number of Topliss-reactive ketones (excluding diaryl/α,β-unsaturated/α-hetero) is 1. The van der Waals surface area contributed by atoms with Crippen molar-refractivity contribution < 1.29 is 18.6 Å². The van der Waals surface area contributed by atoms with Crippen LogP contribution in [0.4, 0.5) is 0 Å². The van der Waals surface area contributed by atoms with Crippen molar-refractivity contribution in [2.45, 2.75) is 6.54 Å². The molecule has 1 unspecified atom stereocenters. The third-order valence-electron chi connectivity index (χ3n) is 5.25. The molecule has 29 heavy (non-hydrogen) atoms. The van der Waals surface area contributed by atoms with Gasteiger partial charge in [-0.3, -0.25) is 23.5 Å². The van der Waals surface area contributed by atoms with Crippen LogP contribution in [0.2, 0.25) is 10.0 Å². The zero-order valence-corrected chi connectivity index (χ0v) is 18.4. The van der Waals surface area contributed by atoms with Crippen molar-refractivity contribution in [1.29, 1.82) is 0 Å². The van der Waals surface area contributed by atoms with Crippen LogP contribution in [0.1, 0.15) is 5.56 Å². The third-order valence-corrected chi connectivity index (χ3v) is 7.27. The third kappa shape index (κ3) is 5.36. The zero-order valence-electron chi connectivity index (χ0n) is 16.1. The molecule has 2 fully saturated rings. The van der Waals surface area contributed by atoms with E-state index in [0.717, 1.165) is 18.7 Å². The maximum absolute atomic E-state index is 12.8. The minimum absolute atomic E-state index is 0.0992. The van der Waals surface area contributed by atoms with E-state index in [0.29, 0.717) is 34.6 Å². The number of carbonyl (C=O) groups is 3. The molecule has 0 saturated carbocycles. The molecule has 0 N–H and O–H groups in total. The summed E-state index contributed by atoms with van der Waals surface area (Å²) in [4.78, 5) is 42.5. The SMILES string of the molecule is CN(Cc1ccc(Cl)c(Cl)c1)C(=O)C1CN(CCN2CCS(=O)CC2)C(=O)C1=O. The molecule has 0 aromatic heterocycles. The molecule has 2 aliphatic heterocycles. The van der Waals surface area contributed by atoms with Crippen LogP contribution in [-0.2, 0) is 31.7 Å². The van der Waals surface area contributed by atoms with Crippen LogP contribution in [0, 0.1) is 5.92 Å². The number of halogens is 2. The van der Waals surface area contributed by atoms with Gasteiger partial charge in [-0.05, 0) is 17.7 Å². The lowest BCUT2D eigenvalue weighted by Crippen LogP contribution is -2.43. The van der Waals surface area contributed by atoms with Gasteiger partial charge in [0.25, 0.3) is 5.91 Å². The minimum atomic E-state index is -0.982. The largest absolute Gasteiger partial charge is 0.341 e. The van der Waals surface area contributed by atoms with Gasteiger partial charge in [0, 0.05) is 68.6 Å². The number of benzene rings is 1.